The van der Waals surface area contributed by atoms with E-state index in [4.69, 9.17) is 4.98 Å². The van der Waals surface area contributed by atoms with E-state index in [1.54, 1.807) is 0 Å². The first kappa shape index (κ1) is 18.6. The second-order valence-electron chi connectivity index (χ2n) is 8.01. The lowest BCUT2D eigenvalue weighted by atomic mass is 9.91. The molecule has 1 amide bonds. The number of amides is 1. The highest BCUT2D eigenvalue weighted by Gasteiger charge is 2.25. The molecule has 0 aliphatic carbocycles. The number of carbonyl (C=O) groups excluding carboxylic acids is 1. The van der Waals surface area contributed by atoms with Crippen LogP contribution in [-0.2, 0) is 7.05 Å². The topological polar surface area (TPSA) is 51.0 Å². The van der Waals surface area contributed by atoms with E-state index in [-0.39, 0.29) is 5.91 Å². The number of benzene rings is 2. The van der Waals surface area contributed by atoms with Gasteiger partial charge in [0, 0.05) is 60.7 Å². The molecule has 5 rings (SSSR count). The predicted molar refractivity (Wildman–Crippen MR) is 118 cm³/mol. The van der Waals surface area contributed by atoms with Crippen LogP contribution in [0.3, 0.4) is 0 Å². The largest absolute Gasteiger partial charge is 0.339 e. The van der Waals surface area contributed by atoms with Gasteiger partial charge in [-0.25, -0.2) is 0 Å². The van der Waals surface area contributed by atoms with E-state index in [1.165, 1.54) is 5.39 Å². The Kier molecular flexibility index (Phi) is 4.79. The van der Waals surface area contributed by atoms with Crippen molar-refractivity contribution in [1.29, 1.82) is 0 Å². The molecule has 0 bridgehead atoms. The zero-order valence-corrected chi connectivity index (χ0v) is 17.0. The van der Waals surface area contributed by atoms with Gasteiger partial charge in [-0.15, -0.1) is 0 Å². The molecule has 0 unspecified atom stereocenters. The van der Waals surface area contributed by atoms with E-state index in [9.17, 15) is 4.79 Å². The molecule has 0 spiro atoms. The summed E-state index contributed by atoms with van der Waals surface area (Å²) in [6.45, 7) is 1.54. The van der Waals surface area contributed by atoms with E-state index in [0.29, 0.717) is 5.92 Å². The summed E-state index contributed by atoms with van der Waals surface area (Å²) in [7, 11) is 1.93. The van der Waals surface area contributed by atoms with E-state index in [0.717, 1.165) is 53.7 Å². The van der Waals surface area contributed by atoms with Crippen LogP contribution in [-0.4, -0.2) is 38.7 Å². The molecule has 0 saturated carbocycles. The number of likely N-dealkylation sites (tertiary alicyclic amines) is 1. The molecular weight excluding hydrogens is 372 g/mol. The maximum absolute atomic E-state index is 12.7. The third kappa shape index (κ3) is 3.59. The Labute approximate surface area is 176 Å². The van der Waals surface area contributed by atoms with Gasteiger partial charge in [-0.05, 0) is 48.1 Å². The van der Waals surface area contributed by atoms with Crippen LogP contribution in [0, 0.1) is 0 Å². The van der Waals surface area contributed by atoms with Gasteiger partial charge in [0.15, 0.2) is 0 Å². The van der Waals surface area contributed by atoms with E-state index in [1.807, 2.05) is 65.6 Å². The number of nitrogens with zero attached hydrogens (tertiary/aromatic N) is 4. The van der Waals surface area contributed by atoms with Gasteiger partial charge in [-0.2, -0.15) is 5.10 Å². The highest BCUT2D eigenvalue weighted by molar-refractivity contribution is 5.94. The third-order valence-electron chi connectivity index (χ3n) is 6.00. The maximum atomic E-state index is 12.7. The van der Waals surface area contributed by atoms with Gasteiger partial charge in [0.1, 0.15) is 0 Å². The van der Waals surface area contributed by atoms with Crippen molar-refractivity contribution in [3.8, 4) is 11.1 Å². The Hall–Kier alpha value is -3.47. The fourth-order valence-corrected chi connectivity index (χ4v) is 4.27. The van der Waals surface area contributed by atoms with Gasteiger partial charge in [-0.1, -0.05) is 30.3 Å². The monoisotopic (exact) mass is 396 g/mol. The lowest BCUT2D eigenvalue weighted by Gasteiger charge is -2.32. The summed E-state index contributed by atoms with van der Waals surface area (Å²) in [4.78, 5) is 19.4. The number of piperidine rings is 1. The number of hydrogen-bond acceptors (Lipinski definition) is 3. The van der Waals surface area contributed by atoms with E-state index in [2.05, 4.69) is 29.4 Å². The van der Waals surface area contributed by atoms with Crippen molar-refractivity contribution in [3.63, 3.8) is 0 Å². The number of rotatable bonds is 3. The molecule has 1 aliphatic heterocycles. The molecule has 3 heterocycles. The fraction of sp³-hybridized carbons (Fsp3) is 0.240. The Balaban J connectivity index is 1.33. The minimum absolute atomic E-state index is 0.127. The Bertz CT molecular complexity index is 1190. The second-order valence-corrected chi connectivity index (χ2v) is 8.01. The SMILES string of the molecule is Cn1cc(-c2ccc3cnc(C4CCN(C(=O)c5ccccc5)CC4)cc3c2)cn1. The summed E-state index contributed by atoms with van der Waals surface area (Å²) in [5.74, 6) is 0.512. The lowest BCUT2D eigenvalue weighted by molar-refractivity contribution is 0.0712. The molecule has 4 aromatic rings. The van der Waals surface area contributed by atoms with Crippen molar-refractivity contribution in [2.75, 3.05) is 13.1 Å². The van der Waals surface area contributed by atoms with Gasteiger partial charge in [0.05, 0.1) is 6.20 Å². The fourth-order valence-electron chi connectivity index (χ4n) is 4.27. The summed E-state index contributed by atoms with van der Waals surface area (Å²) in [5.41, 5.74) is 4.17. The van der Waals surface area contributed by atoms with Gasteiger partial charge >= 0.3 is 0 Å². The van der Waals surface area contributed by atoms with Crippen molar-refractivity contribution >= 4 is 16.7 Å². The zero-order chi connectivity index (χ0) is 20.5. The molecule has 1 fully saturated rings. The van der Waals surface area contributed by atoms with Crippen LogP contribution >= 0.6 is 0 Å². The van der Waals surface area contributed by atoms with Crippen LogP contribution < -0.4 is 0 Å². The molecule has 0 N–H and O–H groups in total. The van der Waals surface area contributed by atoms with Crippen molar-refractivity contribution in [1.82, 2.24) is 19.7 Å². The maximum Gasteiger partial charge on any atom is 0.253 e. The molecule has 5 heteroatoms. The summed E-state index contributed by atoms with van der Waals surface area (Å²) in [5, 5.41) is 6.62. The molecule has 1 saturated heterocycles. The van der Waals surface area contributed by atoms with Crippen LogP contribution in [0.25, 0.3) is 21.9 Å². The smallest absolute Gasteiger partial charge is 0.253 e. The van der Waals surface area contributed by atoms with Gasteiger partial charge in [0.2, 0.25) is 0 Å². The molecule has 30 heavy (non-hydrogen) atoms. The first-order chi connectivity index (χ1) is 14.7. The normalized spacial score (nSPS) is 14.9. The highest BCUT2D eigenvalue weighted by Crippen LogP contribution is 2.30. The number of fused-ring (bicyclic) bond motifs is 1. The van der Waals surface area contributed by atoms with Crippen LogP contribution in [0.1, 0.15) is 34.8 Å². The number of aromatic nitrogens is 3. The average Bonchev–Trinajstić information content (AvgIpc) is 3.25. The van der Waals surface area contributed by atoms with E-state index >= 15 is 0 Å². The predicted octanol–water partition coefficient (Wildman–Crippen LogP) is 4.66. The van der Waals surface area contributed by atoms with Crippen molar-refractivity contribution in [2.45, 2.75) is 18.8 Å². The molecule has 2 aromatic heterocycles. The number of aryl methyl sites for hydroxylation is 1. The summed E-state index contributed by atoms with van der Waals surface area (Å²) < 4.78 is 1.82. The number of hydrogen-bond donors (Lipinski definition) is 0. The minimum atomic E-state index is 0.127. The third-order valence-corrected chi connectivity index (χ3v) is 6.00. The summed E-state index contributed by atoms with van der Waals surface area (Å²) in [6.07, 6.45) is 7.78. The van der Waals surface area contributed by atoms with Crippen LogP contribution in [0.2, 0.25) is 0 Å². The Morgan fingerprint density at radius 1 is 0.933 bits per heavy atom. The first-order valence-corrected chi connectivity index (χ1v) is 10.4. The van der Waals surface area contributed by atoms with Crippen molar-refractivity contribution in [3.05, 3.63) is 84.4 Å². The van der Waals surface area contributed by atoms with Gasteiger partial charge in [-0.3, -0.25) is 14.5 Å². The number of carbonyl (C=O) groups is 1. The van der Waals surface area contributed by atoms with Crippen molar-refractivity contribution in [2.24, 2.45) is 7.05 Å². The van der Waals surface area contributed by atoms with Gasteiger partial charge < -0.3 is 4.90 Å². The Morgan fingerprint density at radius 2 is 1.73 bits per heavy atom. The zero-order valence-electron chi connectivity index (χ0n) is 17.0. The molecule has 5 nitrogen and oxygen atoms in total. The molecule has 0 atom stereocenters. The number of pyridine rings is 1. The standard InChI is InChI=1S/C25H24N4O/c1-28-17-23(16-27-28)20-7-8-21-15-26-24(14-22(21)13-20)18-9-11-29(12-10-18)25(30)19-5-3-2-4-6-19/h2-8,13-18H,9-12H2,1H3. The molecule has 0 radical (unpaired) electrons. The highest BCUT2D eigenvalue weighted by atomic mass is 16.2. The second kappa shape index (κ2) is 7.75. The summed E-state index contributed by atoms with van der Waals surface area (Å²) in [6, 6.07) is 18.2. The molecule has 2 aromatic carbocycles. The van der Waals surface area contributed by atoms with Gasteiger partial charge in [0.25, 0.3) is 5.91 Å². The average molecular weight is 396 g/mol. The van der Waals surface area contributed by atoms with E-state index < -0.39 is 0 Å². The molecular formula is C25H24N4O. The molecule has 1 aliphatic rings. The van der Waals surface area contributed by atoms with Crippen LogP contribution in [0.4, 0.5) is 0 Å². The first-order valence-electron chi connectivity index (χ1n) is 10.4. The molecule has 150 valence electrons. The lowest BCUT2D eigenvalue weighted by Crippen LogP contribution is -2.38. The van der Waals surface area contributed by atoms with Crippen molar-refractivity contribution < 1.29 is 4.79 Å². The summed E-state index contributed by atoms with van der Waals surface area (Å²) >= 11 is 0. The van der Waals surface area contributed by atoms with Crippen LogP contribution in [0.5, 0.6) is 0 Å². The Morgan fingerprint density at radius 3 is 2.47 bits per heavy atom. The quantitative estimate of drug-likeness (QED) is 0.506. The minimum Gasteiger partial charge on any atom is -0.339 e. The van der Waals surface area contributed by atoms with Crippen LogP contribution in [0.15, 0.2) is 73.2 Å².